The Morgan fingerprint density at radius 2 is 1.65 bits per heavy atom. The Bertz CT molecular complexity index is 1440. The van der Waals surface area contributed by atoms with Crippen LogP contribution in [-0.2, 0) is 4.74 Å². The van der Waals surface area contributed by atoms with Gasteiger partial charge >= 0.3 is 0 Å². The van der Waals surface area contributed by atoms with E-state index in [0.29, 0.717) is 53.7 Å². The molecular weight excluding hydrogens is 510 g/mol. The lowest BCUT2D eigenvalue weighted by molar-refractivity contribution is 0.122. The molecule has 1 aliphatic heterocycles. The maximum atomic E-state index is 5.56. The quantitative estimate of drug-likeness (QED) is 0.325. The van der Waals surface area contributed by atoms with Crippen LogP contribution in [0.2, 0.25) is 0 Å². The maximum Gasteiger partial charge on any atom is 0.203 e. The van der Waals surface area contributed by atoms with Crippen LogP contribution in [0.4, 0.5) is 17.3 Å². The molecule has 0 spiro atoms. The third kappa shape index (κ3) is 5.08. The molecule has 1 aromatic carbocycles. The van der Waals surface area contributed by atoms with Gasteiger partial charge in [0.05, 0.1) is 40.9 Å². The van der Waals surface area contributed by atoms with E-state index in [1.807, 2.05) is 36.8 Å². The Balaban J connectivity index is 1.42. The van der Waals surface area contributed by atoms with Crippen molar-refractivity contribution < 1.29 is 18.9 Å². The van der Waals surface area contributed by atoms with Gasteiger partial charge in [-0.25, -0.2) is 19.9 Å². The van der Waals surface area contributed by atoms with E-state index in [2.05, 4.69) is 14.8 Å². The minimum absolute atomic E-state index is 0.373. The fourth-order valence-corrected chi connectivity index (χ4v) is 5.55. The molecule has 210 valence electrons. The van der Waals surface area contributed by atoms with Gasteiger partial charge in [-0.3, -0.25) is 0 Å². The smallest absolute Gasteiger partial charge is 0.203 e. The van der Waals surface area contributed by atoms with Crippen molar-refractivity contribution in [1.29, 1.82) is 0 Å². The number of hydrogen-bond donors (Lipinski definition) is 1. The first-order valence-electron chi connectivity index (χ1n) is 13.8. The summed E-state index contributed by atoms with van der Waals surface area (Å²) in [5.74, 6) is 3.73. The lowest BCUT2D eigenvalue weighted by Gasteiger charge is -2.27. The molecule has 3 aromatic heterocycles. The molecule has 0 atom stereocenters. The highest BCUT2D eigenvalue weighted by atomic mass is 16.5. The second kappa shape index (κ2) is 11.5. The lowest BCUT2D eigenvalue weighted by Crippen LogP contribution is -2.36. The predicted molar refractivity (Wildman–Crippen MR) is 153 cm³/mol. The van der Waals surface area contributed by atoms with Gasteiger partial charge in [-0.2, -0.15) is 0 Å². The molecule has 4 aromatic rings. The molecule has 0 amide bonds. The van der Waals surface area contributed by atoms with Crippen LogP contribution in [0, 0.1) is 0 Å². The number of anilines is 3. The van der Waals surface area contributed by atoms with Gasteiger partial charge in [0.2, 0.25) is 5.75 Å². The molecule has 0 bridgehead atoms. The standard InChI is InChI=1S/C29H35N7O4/c1-37-22-15-20(16-23(38-2)26(22)39-3)32-28-25-29(36(18-31-25)21-7-5-4-6-8-21)34-27(33-28)19-9-10-24(30-17-19)35-11-13-40-14-12-35/h9-10,15-18,21H,4-8,11-14H2,1-3H3,(H,32,33,34). The Morgan fingerprint density at radius 3 is 2.30 bits per heavy atom. The average molecular weight is 546 g/mol. The Kier molecular flexibility index (Phi) is 7.54. The summed E-state index contributed by atoms with van der Waals surface area (Å²) in [5.41, 5.74) is 3.08. The zero-order valence-corrected chi connectivity index (χ0v) is 23.2. The summed E-state index contributed by atoms with van der Waals surface area (Å²) in [4.78, 5) is 21.7. The third-order valence-electron chi connectivity index (χ3n) is 7.66. The highest BCUT2D eigenvalue weighted by molar-refractivity contribution is 5.88. The largest absolute Gasteiger partial charge is 0.493 e. The van der Waals surface area contributed by atoms with Crippen molar-refractivity contribution in [2.24, 2.45) is 0 Å². The molecule has 0 radical (unpaired) electrons. The van der Waals surface area contributed by atoms with Crippen LogP contribution < -0.4 is 24.4 Å². The van der Waals surface area contributed by atoms with Gasteiger partial charge in [-0.1, -0.05) is 19.3 Å². The van der Waals surface area contributed by atoms with Crippen LogP contribution in [0.5, 0.6) is 17.2 Å². The highest BCUT2D eigenvalue weighted by Gasteiger charge is 2.22. The van der Waals surface area contributed by atoms with Crippen LogP contribution in [0.1, 0.15) is 38.1 Å². The summed E-state index contributed by atoms with van der Waals surface area (Å²) in [7, 11) is 4.78. The number of hydrogen-bond acceptors (Lipinski definition) is 10. The first-order chi connectivity index (χ1) is 19.7. The summed E-state index contributed by atoms with van der Waals surface area (Å²) < 4.78 is 24.3. The molecule has 6 rings (SSSR count). The summed E-state index contributed by atoms with van der Waals surface area (Å²) in [6.07, 6.45) is 9.69. The molecule has 40 heavy (non-hydrogen) atoms. The Labute approximate surface area is 233 Å². The van der Waals surface area contributed by atoms with E-state index in [9.17, 15) is 0 Å². The van der Waals surface area contributed by atoms with Gasteiger partial charge in [0.25, 0.3) is 0 Å². The van der Waals surface area contributed by atoms with E-state index in [1.54, 1.807) is 21.3 Å². The number of imidazole rings is 1. The number of nitrogens with zero attached hydrogens (tertiary/aromatic N) is 6. The molecule has 1 N–H and O–H groups in total. The van der Waals surface area contributed by atoms with Gasteiger partial charge in [0.15, 0.2) is 34.3 Å². The molecular formula is C29H35N7O4. The van der Waals surface area contributed by atoms with E-state index in [4.69, 9.17) is 38.9 Å². The van der Waals surface area contributed by atoms with Gasteiger partial charge in [0, 0.05) is 48.7 Å². The number of fused-ring (bicyclic) bond motifs is 1. The zero-order chi connectivity index (χ0) is 27.5. The van der Waals surface area contributed by atoms with E-state index in [-0.39, 0.29) is 0 Å². The normalized spacial score (nSPS) is 16.2. The van der Waals surface area contributed by atoms with E-state index < -0.39 is 0 Å². The number of morpholine rings is 1. The first kappa shape index (κ1) is 26.1. The van der Waals surface area contributed by atoms with Crippen LogP contribution in [-0.4, -0.2) is 72.1 Å². The number of benzene rings is 1. The topological polar surface area (TPSA) is 109 Å². The van der Waals surface area contributed by atoms with Gasteiger partial charge in [-0.05, 0) is 25.0 Å². The molecule has 1 aliphatic carbocycles. The van der Waals surface area contributed by atoms with Crippen LogP contribution in [0.15, 0.2) is 36.8 Å². The summed E-state index contributed by atoms with van der Waals surface area (Å²) in [6.45, 7) is 3.09. The molecule has 4 heterocycles. The number of aromatic nitrogens is 5. The molecule has 0 unspecified atom stereocenters. The Morgan fingerprint density at radius 1 is 0.900 bits per heavy atom. The predicted octanol–water partition coefficient (Wildman–Crippen LogP) is 5.00. The zero-order valence-electron chi connectivity index (χ0n) is 23.2. The summed E-state index contributed by atoms with van der Waals surface area (Å²) in [6, 6.07) is 8.14. The lowest BCUT2D eigenvalue weighted by atomic mass is 9.95. The maximum absolute atomic E-state index is 5.56. The second-order valence-electron chi connectivity index (χ2n) is 10.1. The van der Waals surface area contributed by atoms with Gasteiger partial charge in [-0.15, -0.1) is 0 Å². The minimum Gasteiger partial charge on any atom is -0.493 e. The van der Waals surface area contributed by atoms with Crippen LogP contribution in [0.3, 0.4) is 0 Å². The van der Waals surface area contributed by atoms with E-state index >= 15 is 0 Å². The van der Waals surface area contributed by atoms with Crippen LogP contribution >= 0.6 is 0 Å². The third-order valence-corrected chi connectivity index (χ3v) is 7.66. The molecule has 1 saturated heterocycles. The van der Waals surface area contributed by atoms with Crippen LogP contribution in [0.25, 0.3) is 22.6 Å². The van der Waals surface area contributed by atoms with Crippen molar-refractivity contribution in [2.45, 2.75) is 38.1 Å². The van der Waals surface area contributed by atoms with Crippen molar-refractivity contribution in [3.63, 3.8) is 0 Å². The molecule has 11 nitrogen and oxygen atoms in total. The van der Waals surface area contributed by atoms with Crippen molar-refractivity contribution in [1.82, 2.24) is 24.5 Å². The van der Waals surface area contributed by atoms with Crippen molar-refractivity contribution in [2.75, 3.05) is 57.8 Å². The van der Waals surface area contributed by atoms with E-state index in [1.165, 1.54) is 19.3 Å². The Hall–Kier alpha value is -4.12. The van der Waals surface area contributed by atoms with Crippen molar-refractivity contribution >= 4 is 28.5 Å². The fraction of sp³-hybridized carbons (Fsp3) is 0.448. The minimum atomic E-state index is 0.373. The molecule has 2 aliphatic rings. The second-order valence-corrected chi connectivity index (χ2v) is 10.1. The number of pyridine rings is 1. The molecule has 1 saturated carbocycles. The fourth-order valence-electron chi connectivity index (χ4n) is 5.55. The summed E-state index contributed by atoms with van der Waals surface area (Å²) in [5, 5.41) is 3.45. The average Bonchev–Trinajstić information content (AvgIpc) is 3.46. The SMILES string of the molecule is COc1cc(Nc2nc(-c3ccc(N4CCOCC4)nc3)nc3c2ncn3C2CCCCC2)cc(OC)c1OC. The number of nitrogens with one attached hydrogen (secondary N) is 1. The van der Waals surface area contributed by atoms with Crippen molar-refractivity contribution in [3.05, 3.63) is 36.8 Å². The van der Waals surface area contributed by atoms with E-state index in [0.717, 1.165) is 48.6 Å². The van der Waals surface area contributed by atoms with Crippen molar-refractivity contribution in [3.8, 4) is 28.6 Å². The first-order valence-corrected chi connectivity index (χ1v) is 13.8. The monoisotopic (exact) mass is 545 g/mol. The number of methoxy groups -OCH3 is 3. The number of ether oxygens (including phenoxy) is 4. The highest BCUT2D eigenvalue weighted by Crippen LogP contribution is 2.41. The summed E-state index contributed by atoms with van der Waals surface area (Å²) >= 11 is 0. The molecule has 11 heteroatoms. The van der Waals surface area contributed by atoms with Gasteiger partial charge < -0.3 is 33.7 Å². The van der Waals surface area contributed by atoms with Gasteiger partial charge in [0.1, 0.15) is 5.82 Å². The molecule has 2 fully saturated rings. The number of rotatable bonds is 8.